The molecule has 0 aliphatic carbocycles. The lowest BCUT2D eigenvalue weighted by molar-refractivity contribution is 0.102. The van der Waals surface area contributed by atoms with Crippen molar-refractivity contribution in [2.45, 2.75) is 20.8 Å². The average molecular weight is 287 g/mol. The van der Waals surface area contributed by atoms with Crippen molar-refractivity contribution in [1.82, 2.24) is 20.3 Å². The van der Waals surface area contributed by atoms with Crippen LogP contribution >= 0.6 is 0 Å². The minimum atomic E-state index is -0.368. The van der Waals surface area contributed by atoms with Gasteiger partial charge in [-0.15, -0.1) is 5.10 Å². The van der Waals surface area contributed by atoms with Crippen LogP contribution in [0.4, 0.5) is 5.95 Å². The molecule has 0 aliphatic heterocycles. The number of H-pyrrole nitrogens is 1. The SMILES string of the molecule is Cc1ccc(-c2nc(NC(=O)c3c(C)noc3C)n[nH]2)o1. The predicted molar refractivity (Wildman–Crippen MR) is 72.8 cm³/mol. The molecule has 0 spiro atoms. The maximum absolute atomic E-state index is 12.1. The van der Waals surface area contributed by atoms with Crippen molar-refractivity contribution in [2.24, 2.45) is 0 Å². The first-order valence-corrected chi connectivity index (χ1v) is 6.28. The van der Waals surface area contributed by atoms with Gasteiger partial charge < -0.3 is 8.94 Å². The standard InChI is InChI=1S/C13H13N5O3/c1-6-4-5-9(20-6)11-14-13(17-16-11)15-12(19)10-7(2)18-21-8(10)3/h4-5H,1-3H3,(H2,14,15,16,17,19). The van der Waals surface area contributed by atoms with Crippen molar-refractivity contribution in [2.75, 3.05) is 5.32 Å². The number of nitrogens with one attached hydrogen (secondary N) is 2. The van der Waals surface area contributed by atoms with E-state index < -0.39 is 0 Å². The molecule has 3 rings (SSSR count). The molecule has 3 heterocycles. The third-order valence-corrected chi connectivity index (χ3v) is 2.94. The summed E-state index contributed by atoms with van der Waals surface area (Å²) in [6.07, 6.45) is 0. The molecule has 3 aromatic heterocycles. The number of hydrogen-bond acceptors (Lipinski definition) is 6. The van der Waals surface area contributed by atoms with Crippen molar-refractivity contribution >= 4 is 11.9 Å². The third kappa shape index (κ3) is 2.42. The zero-order chi connectivity index (χ0) is 15.0. The van der Waals surface area contributed by atoms with Crippen LogP contribution in [0.5, 0.6) is 0 Å². The molecule has 3 aromatic rings. The highest BCUT2D eigenvalue weighted by Crippen LogP contribution is 2.19. The molecule has 0 saturated carbocycles. The molecule has 0 atom stereocenters. The third-order valence-electron chi connectivity index (χ3n) is 2.94. The van der Waals surface area contributed by atoms with E-state index in [0.29, 0.717) is 28.6 Å². The fourth-order valence-electron chi connectivity index (χ4n) is 1.96. The number of furan rings is 1. The second kappa shape index (κ2) is 4.89. The Morgan fingerprint density at radius 3 is 2.71 bits per heavy atom. The first kappa shape index (κ1) is 13.1. The van der Waals surface area contributed by atoms with Crippen LogP contribution in [0.2, 0.25) is 0 Å². The minimum absolute atomic E-state index is 0.157. The van der Waals surface area contributed by atoms with E-state index in [0.717, 1.165) is 5.76 Å². The lowest BCUT2D eigenvalue weighted by Crippen LogP contribution is -2.14. The molecular formula is C13H13N5O3. The Labute approximate surface area is 119 Å². The first-order valence-electron chi connectivity index (χ1n) is 6.28. The van der Waals surface area contributed by atoms with E-state index >= 15 is 0 Å². The molecule has 108 valence electrons. The maximum Gasteiger partial charge on any atom is 0.263 e. The molecule has 0 radical (unpaired) electrons. The summed E-state index contributed by atoms with van der Waals surface area (Å²) in [6, 6.07) is 3.59. The van der Waals surface area contributed by atoms with Crippen molar-refractivity contribution < 1.29 is 13.7 Å². The van der Waals surface area contributed by atoms with Crippen LogP contribution in [0.25, 0.3) is 11.6 Å². The van der Waals surface area contributed by atoms with Crippen LogP contribution in [0, 0.1) is 20.8 Å². The number of carbonyl (C=O) groups excluding carboxylic acids is 1. The van der Waals surface area contributed by atoms with Crippen LogP contribution in [-0.2, 0) is 0 Å². The molecule has 0 saturated heterocycles. The van der Waals surface area contributed by atoms with Crippen molar-refractivity contribution in [3.8, 4) is 11.6 Å². The van der Waals surface area contributed by atoms with Crippen LogP contribution in [0.1, 0.15) is 27.6 Å². The predicted octanol–water partition coefficient (Wildman–Crippen LogP) is 2.23. The maximum atomic E-state index is 12.1. The fourth-order valence-corrected chi connectivity index (χ4v) is 1.96. The van der Waals surface area contributed by atoms with Crippen molar-refractivity contribution in [1.29, 1.82) is 0 Å². The Morgan fingerprint density at radius 2 is 2.10 bits per heavy atom. The summed E-state index contributed by atoms with van der Waals surface area (Å²) >= 11 is 0. The average Bonchev–Trinajstić information content (AvgIpc) is 3.11. The topological polar surface area (TPSA) is 110 Å². The summed E-state index contributed by atoms with van der Waals surface area (Å²) in [5.74, 6) is 2.00. The van der Waals surface area contributed by atoms with Crippen LogP contribution in [0.15, 0.2) is 21.1 Å². The lowest BCUT2D eigenvalue weighted by atomic mass is 10.2. The van der Waals surface area contributed by atoms with Gasteiger partial charge in [0.25, 0.3) is 5.91 Å². The molecule has 0 aliphatic rings. The molecule has 8 heteroatoms. The van der Waals surface area contributed by atoms with Crippen LogP contribution < -0.4 is 5.32 Å². The van der Waals surface area contributed by atoms with E-state index in [1.165, 1.54) is 0 Å². The molecule has 2 N–H and O–H groups in total. The van der Waals surface area contributed by atoms with Gasteiger partial charge in [-0.1, -0.05) is 5.16 Å². The fraction of sp³-hybridized carbons (Fsp3) is 0.231. The normalized spacial score (nSPS) is 10.8. The summed E-state index contributed by atoms with van der Waals surface area (Å²) in [5.41, 5.74) is 0.901. The summed E-state index contributed by atoms with van der Waals surface area (Å²) in [5, 5.41) is 13.0. The van der Waals surface area contributed by atoms with Gasteiger partial charge in [0.15, 0.2) is 11.6 Å². The van der Waals surface area contributed by atoms with Crippen molar-refractivity contribution in [3.05, 3.63) is 34.9 Å². The molecule has 8 nitrogen and oxygen atoms in total. The van der Waals surface area contributed by atoms with Gasteiger partial charge in [-0.25, -0.2) is 0 Å². The van der Waals surface area contributed by atoms with Gasteiger partial charge in [0, 0.05) is 0 Å². The number of aryl methyl sites for hydroxylation is 3. The van der Waals surface area contributed by atoms with E-state index in [2.05, 4.69) is 25.7 Å². The molecular weight excluding hydrogens is 274 g/mol. The number of nitrogens with zero attached hydrogens (tertiary/aromatic N) is 3. The largest absolute Gasteiger partial charge is 0.458 e. The molecule has 0 bridgehead atoms. The summed E-state index contributed by atoms with van der Waals surface area (Å²) in [7, 11) is 0. The van der Waals surface area contributed by atoms with E-state index in [9.17, 15) is 4.79 Å². The quantitative estimate of drug-likeness (QED) is 0.764. The van der Waals surface area contributed by atoms with Crippen LogP contribution in [-0.4, -0.2) is 26.2 Å². The molecule has 0 unspecified atom stereocenters. The number of rotatable bonds is 3. The van der Waals surface area contributed by atoms with Gasteiger partial charge in [-0.05, 0) is 32.9 Å². The smallest absolute Gasteiger partial charge is 0.263 e. The highest BCUT2D eigenvalue weighted by molar-refractivity contribution is 6.04. The number of aromatic nitrogens is 4. The first-order chi connectivity index (χ1) is 10.0. The summed E-state index contributed by atoms with van der Waals surface area (Å²) in [6.45, 7) is 5.20. The number of carbonyl (C=O) groups is 1. The van der Waals surface area contributed by atoms with E-state index in [1.54, 1.807) is 19.9 Å². The van der Waals surface area contributed by atoms with E-state index in [4.69, 9.17) is 8.94 Å². The minimum Gasteiger partial charge on any atom is -0.458 e. The van der Waals surface area contributed by atoms with Gasteiger partial charge in [0.05, 0.1) is 5.69 Å². The lowest BCUT2D eigenvalue weighted by Gasteiger charge is -1.98. The summed E-state index contributed by atoms with van der Waals surface area (Å²) < 4.78 is 10.4. The highest BCUT2D eigenvalue weighted by atomic mass is 16.5. The van der Waals surface area contributed by atoms with E-state index in [-0.39, 0.29) is 11.9 Å². The molecule has 21 heavy (non-hydrogen) atoms. The second-order valence-corrected chi connectivity index (χ2v) is 4.57. The van der Waals surface area contributed by atoms with Gasteiger partial charge in [-0.2, -0.15) is 4.98 Å². The Hall–Kier alpha value is -2.90. The summed E-state index contributed by atoms with van der Waals surface area (Å²) in [4.78, 5) is 16.3. The Kier molecular flexibility index (Phi) is 3.05. The molecule has 1 amide bonds. The van der Waals surface area contributed by atoms with Crippen LogP contribution in [0.3, 0.4) is 0 Å². The zero-order valence-electron chi connectivity index (χ0n) is 11.7. The Bertz CT molecular complexity index is 779. The second-order valence-electron chi connectivity index (χ2n) is 4.57. The molecule has 0 aromatic carbocycles. The van der Waals surface area contributed by atoms with Gasteiger partial charge in [0.1, 0.15) is 17.1 Å². The zero-order valence-corrected chi connectivity index (χ0v) is 11.7. The number of aromatic amines is 1. The highest BCUT2D eigenvalue weighted by Gasteiger charge is 2.19. The number of hydrogen-bond donors (Lipinski definition) is 2. The monoisotopic (exact) mass is 287 g/mol. The van der Waals surface area contributed by atoms with Gasteiger partial charge in [0.2, 0.25) is 5.95 Å². The Balaban J connectivity index is 1.80. The van der Waals surface area contributed by atoms with Gasteiger partial charge >= 0.3 is 0 Å². The number of amides is 1. The van der Waals surface area contributed by atoms with E-state index in [1.807, 2.05) is 13.0 Å². The number of anilines is 1. The Morgan fingerprint density at radius 1 is 1.29 bits per heavy atom. The molecule has 0 fully saturated rings. The van der Waals surface area contributed by atoms with Crippen molar-refractivity contribution in [3.63, 3.8) is 0 Å². The van der Waals surface area contributed by atoms with Gasteiger partial charge in [-0.3, -0.25) is 15.2 Å².